The molecule has 5 rings (SSSR count). The van der Waals surface area contributed by atoms with E-state index in [1.165, 1.54) is 0 Å². The molecule has 0 saturated carbocycles. The Bertz CT molecular complexity index is 1300. The second-order valence-electron chi connectivity index (χ2n) is 11.5. The lowest BCUT2D eigenvalue weighted by Crippen LogP contribution is -2.44. The van der Waals surface area contributed by atoms with Crippen molar-refractivity contribution in [1.82, 2.24) is 4.90 Å². The topological polar surface area (TPSA) is 62.6 Å². The molecular formula is C31H36N2O3. The monoisotopic (exact) mass is 484 g/mol. The van der Waals surface area contributed by atoms with Gasteiger partial charge in [0.2, 0.25) is 0 Å². The fraction of sp³-hybridized carbons (Fsp3) is 0.484. The minimum Gasteiger partial charge on any atom is -0.487 e. The van der Waals surface area contributed by atoms with Crippen LogP contribution in [0.15, 0.2) is 35.9 Å². The third-order valence-electron chi connectivity index (χ3n) is 7.95. The van der Waals surface area contributed by atoms with Crippen LogP contribution in [0.25, 0.3) is 5.57 Å². The number of likely N-dealkylation sites (tertiary alicyclic amines) is 1. The highest BCUT2D eigenvalue weighted by molar-refractivity contribution is 6.33. The van der Waals surface area contributed by atoms with E-state index in [4.69, 9.17) is 9.47 Å². The van der Waals surface area contributed by atoms with Gasteiger partial charge in [-0.1, -0.05) is 19.9 Å². The number of hydrogen-bond donors (Lipinski definition) is 0. The Kier molecular flexibility index (Phi) is 6.21. The van der Waals surface area contributed by atoms with Crippen molar-refractivity contribution in [2.75, 3.05) is 13.1 Å². The van der Waals surface area contributed by atoms with E-state index in [2.05, 4.69) is 44.7 Å². The van der Waals surface area contributed by atoms with Crippen molar-refractivity contribution in [3.8, 4) is 17.6 Å². The van der Waals surface area contributed by atoms with Crippen LogP contribution in [0.5, 0.6) is 11.5 Å². The van der Waals surface area contributed by atoms with Crippen LogP contribution in [-0.2, 0) is 11.8 Å². The van der Waals surface area contributed by atoms with Gasteiger partial charge >= 0.3 is 0 Å². The third-order valence-corrected chi connectivity index (χ3v) is 7.95. The maximum absolute atomic E-state index is 13.9. The molecule has 1 heterocycles. The number of fused-ring (bicyclic) bond motifs is 3. The molecular weight excluding hydrogens is 448 g/mol. The van der Waals surface area contributed by atoms with E-state index in [1.54, 1.807) is 6.07 Å². The molecule has 3 aliphatic rings. The molecule has 0 radical (unpaired) electrons. The van der Waals surface area contributed by atoms with E-state index in [1.807, 2.05) is 32.0 Å². The van der Waals surface area contributed by atoms with Gasteiger partial charge in [0.05, 0.1) is 17.7 Å². The molecule has 0 amide bonds. The van der Waals surface area contributed by atoms with Gasteiger partial charge in [0.25, 0.3) is 0 Å². The number of ether oxygens (including phenoxy) is 2. The second kappa shape index (κ2) is 9.09. The van der Waals surface area contributed by atoms with Crippen molar-refractivity contribution in [3.05, 3.63) is 63.7 Å². The van der Waals surface area contributed by atoms with E-state index >= 15 is 0 Å². The number of carbonyl (C=O) groups excluding carboxylic acids is 1. The fourth-order valence-electron chi connectivity index (χ4n) is 6.00. The molecule has 1 unspecified atom stereocenters. The quantitative estimate of drug-likeness (QED) is 0.515. The molecule has 2 aromatic carbocycles. The molecule has 0 spiro atoms. The number of piperidine rings is 1. The van der Waals surface area contributed by atoms with Gasteiger partial charge in [0, 0.05) is 29.1 Å². The van der Waals surface area contributed by atoms with Crippen LogP contribution in [-0.4, -0.2) is 42.0 Å². The number of benzene rings is 2. The van der Waals surface area contributed by atoms with Gasteiger partial charge in [0.1, 0.15) is 6.10 Å². The van der Waals surface area contributed by atoms with Gasteiger partial charge in [-0.3, -0.25) is 9.69 Å². The van der Waals surface area contributed by atoms with Crippen molar-refractivity contribution in [3.63, 3.8) is 0 Å². The predicted octanol–water partition coefficient (Wildman–Crippen LogP) is 6.08. The van der Waals surface area contributed by atoms with Crippen LogP contribution in [0, 0.1) is 11.3 Å². The Labute approximate surface area is 214 Å². The third kappa shape index (κ3) is 4.12. The lowest BCUT2D eigenvalue weighted by molar-refractivity contribution is 0.0671. The molecule has 36 heavy (non-hydrogen) atoms. The molecule has 0 aromatic heterocycles. The summed E-state index contributed by atoms with van der Waals surface area (Å²) in [5.41, 5.74) is 5.87. The van der Waals surface area contributed by atoms with Gasteiger partial charge in [-0.25, -0.2) is 0 Å². The molecule has 1 saturated heterocycles. The molecule has 188 valence electrons. The molecule has 1 atom stereocenters. The highest BCUT2D eigenvalue weighted by Gasteiger charge is 2.43. The summed E-state index contributed by atoms with van der Waals surface area (Å²) >= 11 is 0. The number of carbonyl (C=O) groups is 1. The number of nitrogens with zero attached hydrogens (tertiary/aromatic N) is 2. The minimum atomic E-state index is -0.352. The fourth-order valence-corrected chi connectivity index (χ4v) is 6.00. The summed E-state index contributed by atoms with van der Waals surface area (Å²) < 4.78 is 12.8. The molecule has 0 bridgehead atoms. The molecule has 5 nitrogen and oxygen atoms in total. The van der Waals surface area contributed by atoms with E-state index < -0.39 is 0 Å². The first-order valence-corrected chi connectivity index (χ1v) is 13.2. The lowest BCUT2D eigenvalue weighted by atomic mass is 9.68. The van der Waals surface area contributed by atoms with E-state index in [9.17, 15) is 10.1 Å². The van der Waals surface area contributed by atoms with E-state index in [-0.39, 0.29) is 23.4 Å². The predicted molar refractivity (Wildman–Crippen MR) is 142 cm³/mol. The van der Waals surface area contributed by atoms with E-state index in [0.29, 0.717) is 29.3 Å². The van der Waals surface area contributed by atoms with Crippen LogP contribution in [0.1, 0.15) is 87.0 Å². The summed E-state index contributed by atoms with van der Waals surface area (Å²) in [5.74, 6) is 1.40. The Morgan fingerprint density at radius 3 is 2.56 bits per heavy atom. The highest BCUT2D eigenvalue weighted by atomic mass is 16.5. The Morgan fingerprint density at radius 2 is 1.86 bits per heavy atom. The second-order valence-corrected chi connectivity index (χ2v) is 11.5. The molecule has 1 aliphatic heterocycles. The van der Waals surface area contributed by atoms with Gasteiger partial charge in [0.15, 0.2) is 17.3 Å². The number of nitriles is 1. The van der Waals surface area contributed by atoms with Crippen LogP contribution in [0.2, 0.25) is 0 Å². The standard InChI is InChI=1S/C31H36N2O3/c1-18(2)33-11-7-8-22(17-33)36-28-15-25-24(14-27(28)35-19(3)4)30(34)29-23-10-9-20(16-32)12-21(23)13-26(29)31(25,5)6/h9-10,12,14-15,18-19,22H,7-8,11,13,17H2,1-6H3. The minimum absolute atomic E-state index is 0.0339. The lowest BCUT2D eigenvalue weighted by Gasteiger charge is -2.37. The summed E-state index contributed by atoms with van der Waals surface area (Å²) in [4.78, 5) is 16.4. The van der Waals surface area contributed by atoms with Crippen LogP contribution >= 0.6 is 0 Å². The van der Waals surface area contributed by atoms with Gasteiger partial charge in [-0.05, 0) is 100 Å². The number of ketones is 1. The number of hydrogen-bond acceptors (Lipinski definition) is 5. The van der Waals surface area contributed by atoms with Crippen molar-refractivity contribution in [1.29, 1.82) is 5.26 Å². The Morgan fingerprint density at radius 1 is 1.08 bits per heavy atom. The maximum atomic E-state index is 13.9. The Balaban J connectivity index is 1.56. The molecule has 2 aromatic rings. The normalized spacial score (nSPS) is 20.8. The molecule has 0 N–H and O–H groups in total. The van der Waals surface area contributed by atoms with Gasteiger partial charge < -0.3 is 9.47 Å². The first-order valence-electron chi connectivity index (χ1n) is 13.2. The maximum Gasteiger partial charge on any atom is 0.194 e. The van der Waals surface area contributed by atoms with Gasteiger partial charge in [-0.15, -0.1) is 0 Å². The van der Waals surface area contributed by atoms with Crippen molar-refractivity contribution in [2.24, 2.45) is 0 Å². The van der Waals surface area contributed by atoms with E-state index in [0.717, 1.165) is 59.5 Å². The number of rotatable bonds is 5. The SMILES string of the molecule is CC(C)Oc1cc2c(cc1OC1CCCN(C(C)C)C1)C(C)(C)C1=C(C2=O)c2ccc(C#N)cc2C1. The first-order chi connectivity index (χ1) is 17.1. The summed E-state index contributed by atoms with van der Waals surface area (Å²) in [6, 6.07) is 12.3. The van der Waals surface area contributed by atoms with Gasteiger partial charge in [-0.2, -0.15) is 5.26 Å². The molecule has 5 heteroatoms. The smallest absolute Gasteiger partial charge is 0.194 e. The summed E-state index contributed by atoms with van der Waals surface area (Å²) in [6.45, 7) is 14.8. The summed E-state index contributed by atoms with van der Waals surface area (Å²) in [5, 5.41) is 9.38. The zero-order valence-electron chi connectivity index (χ0n) is 22.3. The Hall–Kier alpha value is -3.10. The zero-order valence-corrected chi connectivity index (χ0v) is 22.3. The van der Waals surface area contributed by atoms with Crippen LogP contribution in [0.3, 0.4) is 0 Å². The van der Waals surface area contributed by atoms with Crippen molar-refractivity contribution >= 4 is 11.4 Å². The van der Waals surface area contributed by atoms with Crippen molar-refractivity contribution in [2.45, 2.75) is 84.5 Å². The zero-order chi connectivity index (χ0) is 25.8. The van der Waals surface area contributed by atoms with Crippen LogP contribution in [0.4, 0.5) is 0 Å². The average Bonchev–Trinajstić information content (AvgIpc) is 3.23. The molecule has 2 aliphatic carbocycles. The summed E-state index contributed by atoms with van der Waals surface area (Å²) in [7, 11) is 0. The molecule has 1 fully saturated rings. The van der Waals surface area contributed by atoms with Crippen molar-refractivity contribution < 1.29 is 14.3 Å². The largest absolute Gasteiger partial charge is 0.487 e. The summed E-state index contributed by atoms with van der Waals surface area (Å²) in [6.07, 6.45) is 2.85. The van der Waals surface area contributed by atoms with Crippen LogP contribution < -0.4 is 9.47 Å². The number of allylic oxidation sites excluding steroid dienone is 2. The highest BCUT2D eigenvalue weighted by Crippen LogP contribution is 2.52. The average molecular weight is 485 g/mol. The number of Topliss-reactive ketones (excluding diaryl/α,β-unsaturated/α-hetero) is 1. The first kappa shape index (κ1) is 24.6.